The molecule has 0 spiro atoms. The molecule has 1 rings (SSSR count). The maximum Gasteiger partial charge on any atom is 0.0813 e. The number of nitrogens with one attached hydrogen (secondary N) is 1. The van der Waals surface area contributed by atoms with Crippen molar-refractivity contribution in [3.63, 3.8) is 0 Å². The van der Waals surface area contributed by atoms with E-state index in [-0.39, 0.29) is 12.1 Å². The first-order valence-corrected chi connectivity index (χ1v) is 6.92. The minimum atomic E-state index is 0.255. The molecule has 0 atom stereocenters. The third-order valence-electron chi connectivity index (χ3n) is 3.03. The lowest BCUT2D eigenvalue weighted by molar-refractivity contribution is 0.654. The van der Waals surface area contributed by atoms with Gasteiger partial charge in [0.25, 0.3) is 0 Å². The van der Waals surface area contributed by atoms with Crippen LogP contribution >= 0.6 is 12.1 Å². The fourth-order valence-corrected chi connectivity index (χ4v) is 2.25. The van der Waals surface area contributed by atoms with Crippen molar-refractivity contribution >= 4 is 17.8 Å². The molecule has 0 bridgehead atoms. The highest BCUT2D eigenvalue weighted by atomic mass is 32.2. The van der Waals surface area contributed by atoms with Gasteiger partial charge in [0.2, 0.25) is 0 Å². The molecule has 0 saturated carbocycles. The van der Waals surface area contributed by atoms with E-state index in [1.54, 1.807) is 12.3 Å². The van der Waals surface area contributed by atoms with Gasteiger partial charge in [-0.1, -0.05) is 13.0 Å². The van der Waals surface area contributed by atoms with Crippen LogP contribution in [-0.4, -0.2) is 6.54 Å². The van der Waals surface area contributed by atoms with Crippen LogP contribution in [0.3, 0.4) is 0 Å². The summed E-state index contributed by atoms with van der Waals surface area (Å²) in [6, 6.07) is 3.59. The van der Waals surface area contributed by atoms with Crippen LogP contribution < -0.4 is 11.1 Å². The Bertz CT molecular complexity index is 394. The molecule has 4 heteroatoms. The predicted molar refractivity (Wildman–Crippen MR) is 78.3 cm³/mol. The molecule has 0 aliphatic heterocycles. The number of aryl methyl sites for hydroxylation is 1. The standard InChI is InChI=1S/C14H21FN2S/c1-3-17-8-6-4-5-7-12-9-13(18-15)10-14(16)11(12)2/h3,9-10,17H,1,4-8,16H2,2H3. The van der Waals surface area contributed by atoms with E-state index in [9.17, 15) is 3.89 Å². The molecule has 0 aromatic heterocycles. The molecule has 3 N–H and O–H groups in total. The van der Waals surface area contributed by atoms with Crippen molar-refractivity contribution < 1.29 is 3.89 Å². The average molecular weight is 268 g/mol. The third-order valence-corrected chi connectivity index (χ3v) is 3.44. The Morgan fingerprint density at radius 3 is 2.83 bits per heavy atom. The second-order valence-electron chi connectivity index (χ2n) is 4.34. The number of unbranched alkanes of at least 4 members (excludes halogenated alkanes) is 2. The summed E-state index contributed by atoms with van der Waals surface area (Å²) < 4.78 is 12.6. The Labute approximate surface area is 113 Å². The minimum Gasteiger partial charge on any atom is -0.398 e. The molecule has 0 radical (unpaired) electrons. The molecule has 2 nitrogen and oxygen atoms in total. The van der Waals surface area contributed by atoms with E-state index in [4.69, 9.17) is 5.73 Å². The number of nitrogens with two attached hydrogens (primary N) is 1. The Balaban J connectivity index is 2.46. The molecule has 100 valence electrons. The smallest absolute Gasteiger partial charge is 0.0813 e. The summed E-state index contributed by atoms with van der Waals surface area (Å²) in [5.41, 5.74) is 8.79. The molecule has 18 heavy (non-hydrogen) atoms. The van der Waals surface area contributed by atoms with Crippen molar-refractivity contribution in [2.24, 2.45) is 0 Å². The Hall–Kier alpha value is -1.16. The van der Waals surface area contributed by atoms with E-state index in [0.717, 1.165) is 43.4 Å². The van der Waals surface area contributed by atoms with Gasteiger partial charge in [-0.25, -0.2) is 0 Å². The van der Waals surface area contributed by atoms with Crippen LogP contribution in [0.4, 0.5) is 9.57 Å². The van der Waals surface area contributed by atoms with Gasteiger partial charge < -0.3 is 11.1 Å². The van der Waals surface area contributed by atoms with E-state index in [2.05, 4.69) is 11.9 Å². The van der Waals surface area contributed by atoms with Crippen LogP contribution in [0, 0.1) is 6.92 Å². The fourth-order valence-electron chi connectivity index (χ4n) is 1.89. The topological polar surface area (TPSA) is 38.0 Å². The first-order valence-electron chi connectivity index (χ1n) is 6.21. The quantitative estimate of drug-likeness (QED) is 0.553. The zero-order chi connectivity index (χ0) is 13.4. The normalized spacial score (nSPS) is 10.3. The third kappa shape index (κ3) is 4.61. The van der Waals surface area contributed by atoms with Gasteiger partial charge in [-0.15, -0.1) is 0 Å². The van der Waals surface area contributed by atoms with Gasteiger partial charge in [0, 0.05) is 17.1 Å². The van der Waals surface area contributed by atoms with Crippen LogP contribution in [-0.2, 0) is 6.42 Å². The number of hydrogen-bond acceptors (Lipinski definition) is 3. The Morgan fingerprint density at radius 2 is 2.17 bits per heavy atom. The van der Waals surface area contributed by atoms with Crippen LogP contribution in [0.25, 0.3) is 0 Å². The molecule has 0 heterocycles. The van der Waals surface area contributed by atoms with Crippen LogP contribution in [0.5, 0.6) is 0 Å². The van der Waals surface area contributed by atoms with E-state index >= 15 is 0 Å². The van der Waals surface area contributed by atoms with E-state index in [0.29, 0.717) is 10.6 Å². The van der Waals surface area contributed by atoms with Gasteiger partial charge in [-0.05, 0) is 55.6 Å². The number of benzene rings is 1. The van der Waals surface area contributed by atoms with Crippen molar-refractivity contribution in [3.8, 4) is 0 Å². The molecule has 1 aromatic rings. The van der Waals surface area contributed by atoms with Crippen molar-refractivity contribution in [2.75, 3.05) is 12.3 Å². The number of hydrogen-bond donors (Lipinski definition) is 2. The molecule has 0 aliphatic rings. The van der Waals surface area contributed by atoms with Gasteiger partial charge in [0.1, 0.15) is 0 Å². The highest BCUT2D eigenvalue weighted by Crippen LogP contribution is 2.27. The van der Waals surface area contributed by atoms with Gasteiger partial charge in [-0.3, -0.25) is 0 Å². The molecule has 0 aliphatic carbocycles. The summed E-state index contributed by atoms with van der Waals surface area (Å²) in [5.74, 6) is 0. The highest BCUT2D eigenvalue weighted by molar-refractivity contribution is 7.94. The van der Waals surface area contributed by atoms with Crippen LogP contribution in [0.15, 0.2) is 29.8 Å². The number of nitrogen functional groups attached to an aromatic ring is 1. The lowest BCUT2D eigenvalue weighted by atomic mass is 10.0. The first-order chi connectivity index (χ1) is 8.69. The zero-order valence-corrected chi connectivity index (χ0v) is 11.7. The van der Waals surface area contributed by atoms with Crippen LogP contribution in [0.1, 0.15) is 30.4 Å². The molecule has 0 saturated heterocycles. The maximum atomic E-state index is 12.6. The summed E-state index contributed by atoms with van der Waals surface area (Å²) in [7, 11) is 0. The second kappa shape index (κ2) is 8.03. The van der Waals surface area contributed by atoms with Crippen molar-refractivity contribution in [3.05, 3.63) is 36.0 Å². The monoisotopic (exact) mass is 268 g/mol. The minimum absolute atomic E-state index is 0.255. The lowest BCUT2D eigenvalue weighted by Gasteiger charge is -2.10. The second-order valence-corrected chi connectivity index (χ2v) is 4.97. The first kappa shape index (κ1) is 14.9. The van der Waals surface area contributed by atoms with E-state index < -0.39 is 0 Å². The molecular weight excluding hydrogens is 247 g/mol. The van der Waals surface area contributed by atoms with Gasteiger partial charge >= 0.3 is 0 Å². The molecule has 0 amide bonds. The maximum absolute atomic E-state index is 12.6. The van der Waals surface area contributed by atoms with Crippen molar-refractivity contribution in [1.29, 1.82) is 0 Å². The predicted octanol–water partition coefficient (Wildman–Crippen LogP) is 4.00. The largest absolute Gasteiger partial charge is 0.398 e. The molecule has 0 fully saturated rings. The summed E-state index contributed by atoms with van der Waals surface area (Å²) in [6.07, 6.45) is 6.04. The average Bonchev–Trinajstić information content (AvgIpc) is 2.38. The van der Waals surface area contributed by atoms with Gasteiger partial charge in [0.15, 0.2) is 0 Å². The number of halogens is 1. The van der Waals surface area contributed by atoms with Gasteiger partial charge in [-0.2, -0.15) is 3.89 Å². The number of anilines is 1. The molecular formula is C14H21FN2S. The lowest BCUT2D eigenvalue weighted by Crippen LogP contribution is -2.05. The van der Waals surface area contributed by atoms with Crippen LogP contribution in [0.2, 0.25) is 0 Å². The summed E-state index contributed by atoms with van der Waals surface area (Å²) >= 11 is 0.255. The molecule has 1 aromatic carbocycles. The Morgan fingerprint density at radius 1 is 1.39 bits per heavy atom. The molecule has 0 unspecified atom stereocenters. The SMILES string of the molecule is C=CNCCCCCc1cc(SF)cc(N)c1C. The van der Waals surface area contributed by atoms with E-state index in [1.807, 2.05) is 13.0 Å². The Kier molecular flexibility index (Phi) is 6.65. The number of rotatable bonds is 8. The van der Waals surface area contributed by atoms with Crippen molar-refractivity contribution in [2.45, 2.75) is 37.5 Å². The summed E-state index contributed by atoms with van der Waals surface area (Å²) in [6.45, 7) is 6.56. The van der Waals surface area contributed by atoms with Crippen molar-refractivity contribution in [1.82, 2.24) is 5.32 Å². The highest BCUT2D eigenvalue weighted by Gasteiger charge is 2.05. The summed E-state index contributed by atoms with van der Waals surface area (Å²) in [4.78, 5) is 0.599. The van der Waals surface area contributed by atoms with E-state index in [1.165, 1.54) is 0 Å². The summed E-state index contributed by atoms with van der Waals surface area (Å²) in [5, 5.41) is 3.08. The fraction of sp³-hybridized carbons (Fsp3) is 0.429. The zero-order valence-electron chi connectivity index (χ0n) is 10.8. The van der Waals surface area contributed by atoms with Gasteiger partial charge in [0.05, 0.1) is 12.1 Å².